The Labute approximate surface area is 78.5 Å². The Morgan fingerprint density at radius 2 is 2.23 bits per heavy atom. The molecule has 1 heterocycles. The van der Waals surface area contributed by atoms with Crippen molar-refractivity contribution in [2.45, 2.75) is 0 Å². The van der Waals surface area contributed by atoms with Crippen molar-refractivity contribution in [3.63, 3.8) is 0 Å². The highest BCUT2D eigenvalue weighted by Crippen LogP contribution is 2.24. The van der Waals surface area contributed by atoms with Crippen LogP contribution in [-0.4, -0.2) is 11.1 Å². The van der Waals surface area contributed by atoms with Gasteiger partial charge in [-0.25, -0.2) is 4.79 Å². The van der Waals surface area contributed by atoms with Crippen molar-refractivity contribution in [3.8, 4) is 0 Å². The van der Waals surface area contributed by atoms with E-state index < -0.39 is 5.97 Å². The van der Waals surface area contributed by atoms with Crippen LogP contribution < -0.4 is 0 Å². The van der Waals surface area contributed by atoms with Gasteiger partial charge in [0.2, 0.25) is 0 Å². The first kappa shape index (κ1) is 8.13. The molecule has 0 spiro atoms. The van der Waals surface area contributed by atoms with Crippen LogP contribution in [0.3, 0.4) is 0 Å². The van der Waals surface area contributed by atoms with Crippen LogP contribution in [0.1, 0.15) is 10.4 Å². The van der Waals surface area contributed by atoms with Gasteiger partial charge in [-0.2, -0.15) is 0 Å². The number of fused-ring (bicyclic) bond motifs is 1. The zero-order valence-corrected chi connectivity index (χ0v) is 7.21. The summed E-state index contributed by atoms with van der Waals surface area (Å²) in [5.41, 5.74) is 0.666. The van der Waals surface area contributed by atoms with E-state index in [4.69, 9.17) is 21.1 Å². The summed E-state index contributed by atoms with van der Waals surface area (Å²) in [7, 11) is 0. The lowest BCUT2D eigenvalue weighted by Gasteiger charge is -1.91. The second-order valence-electron chi connectivity index (χ2n) is 2.60. The lowest BCUT2D eigenvalue weighted by molar-refractivity contribution is 0.0698. The standard InChI is InChI=1S/C9H5ClO3/c10-5-1-2-8-6(3-5)7(4-13-8)9(11)12/h1-4H,(H,11,12). The predicted octanol–water partition coefficient (Wildman–Crippen LogP) is 2.78. The summed E-state index contributed by atoms with van der Waals surface area (Å²) in [6, 6.07) is 4.87. The smallest absolute Gasteiger partial charge is 0.339 e. The molecule has 0 aliphatic heterocycles. The van der Waals surface area contributed by atoms with Crippen LogP contribution in [0.5, 0.6) is 0 Å². The van der Waals surface area contributed by atoms with Crippen molar-refractivity contribution >= 4 is 28.5 Å². The number of furan rings is 1. The fourth-order valence-electron chi connectivity index (χ4n) is 1.17. The highest BCUT2D eigenvalue weighted by atomic mass is 35.5. The third kappa shape index (κ3) is 1.27. The summed E-state index contributed by atoms with van der Waals surface area (Å²) in [6.45, 7) is 0. The quantitative estimate of drug-likeness (QED) is 0.763. The van der Waals surface area contributed by atoms with Crippen LogP contribution in [0.15, 0.2) is 28.9 Å². The molecule has 2 aromatic rings. The molecule has 0 amide bonds. The Morgan fingerprint density at radius 1 is 1.46 bits per heavy atom. The first-order valence-corrected chi connectivity index (χ1v) is 3.96. The number of rotatable bonds is 1. The summed E-state index contributed by atoms with van der Waals surface area (Å²) >= 11 is 5.72. The van der Waals surface area contributed by atoms with Gasteiger partial charge in [-0.05, 0) is 18.2 Å². The maximum atomic E-state index is 10.7. The van der Waals surface area contributed by atoms with E-state index in [0.717, 1.165) is 0 Å². The molecule has 2 rings (SSSR count). The molecule has 1 aromatic carbocycles. The van der Waals surface area contributed by atoms with Gasteiger partial charge in [-0.15, -0.1) is 0 Å². The number of hydrogen-bond donors (Lipinski definition) is 1. The fourth-order valence-corrected chi connectivity index (χ4v) is 1.34. The van der Waals surface area contributed by atoms with E-state index in [2.05, 4.69) is 0 Å². The van der Waals surface area contributed by atoms with Crippen LogP contribution in [0.2, 0.25) is 5.02 Å². The van der Waals surface area contributed by atoms with Gasteiger partial charge in [0.25, 0.3) is 0 Å². The topological polar surface area (TPSA) is 50.4 Å². The van der Waals surface area contributed by atoms with E-state index in [-0.39, 0.29) is 5.56 Å². The van der Waals surface area contributed by atoms with Gasteiger partial charge < -0.3 is 9.52 Å². The zero-order valence-electron chi connectivity index (χ0n) is 6.45. The Bertz CT molecular complexity index is 473. The Balaban J connectivity index is 2.79. The molecule has 1 N–H and O–H groups in total. The van der Waals surface area contributed by atoms with Crippen LogP contribution >= 0.6 is 11.6 Å². The molecule has 4 heteroatoms. The summed E-state index contributed by atoms with van der Waals surface area (Å²) in [6.07, 6.45) is 1.21. The van der Waals surface area contributed by atoms with Crippen LogP contribution in [0.4, 0.5) is 0 Å². The van der Waals surface area contributed by atoms with E-state index in [0.29, 0.717) is 16.0 Å². The van der Waals surface area contributed by atoms with E-state index in [1.165, 1.54) is 6.26 Å². The van der Waals surface area contributed by atoms with Crippen molar-refractivity contribution in [1.29, 1.82) is 0 Å². The monoisotopic (exact) mass is 196 g/mol. The van der Waals surface area contributed by atoms with Crippen LogP contribution in [0, 0.1) is 0 Å². The van der Waals surface area contributed by atoms with Crippen molar-refractivity contribution in [2.75, 3.05) is 0 Å². The second-order valence-corrected chi connectivity index (χ2v) is 3.03. The third-order valence-corrected chi connectivity index (χ3v) is 2.00. The van der Waals surface area contributed by atoms with Crippen molar-refractivity contribution in [1.82, 2.24) is 0 Å². The van der Waals surface area contributed by atoms with E-state index in [1.807, 2.05) is 0 Å². The van der Waals surface area contributed by atoms with E-state index in [9.17, 15) is 4.79 Å². The minimum atomic E-state index is -1.01. The van der Waals surface area contributed by atoms with Gasteiger partial charge in [-0.3, -0.25) is 0 Å². The summed E-state index contributed by atoms with van der Waals surface area (Å²) in [5, 5.41) is 9.78. The first-order chi connectivity index (χ1) is 6.18. The highest BCUT2D eigenvalue weighted by molar-refractivity contribution is 6.31. The largest absolute Gasteiger partial charge is 0.478 e. The Morgan fingerprint density at radius 3 is 2.92 bits per heavy atom. The Hall–Kier alpha value is -1.48. The molecule has 0 aliphatic rings. The van der Waals surface area contributed by atoms with Crippen molar-refractivity contribution < 1.29 is 14.3 Å². The predicted molar refractivity (Wildman–Crippen MR) is 48.2 cm³/mol. The average molecular weight is 197 g/mol. The van der Waals surface area contributed by atoms with Gasteiger partial charge in [0, 0.05) is 10.4 Å². The molecule has 13 heavy (non-hydrogen) atoms. The van der Waals surface area contributed by atoms with Crippen LogP contribution in [0.25, 0.3) is 11.0 Å². The van der Waals surface area contributed by atoms with Crippen molar-refractivity contribution in [2.24, 2.45) is 0 Å². The minimum Gasteiger partial charge on any atom is -0.478 e. The maximum absolute atomic E-state index is 10.7. The molecule has 1 aromatic heterocycles. The fraction of sp³-hybridized carbons (Fsp3) is 0. The van der Waals surface area contributed by atoms with Crippen molar-refractivity contribution in [3.05, 3.63) is 35.0 Å². The third-order valence-electron chi connectivity index (χ3n) is 1.77. The molecule has 0 aliphatic carbocycles. The summed E-state index contributed by atoms with van der Waals surface area (Å²) < 4.78 is 5.03. The molecule has 0 saturated carbocycles. The minimum absolute atomic E-state index is 0.137. The number of aromatic carboxylic acids is 1. The molecular weight excluding hydrogens is 192 g/mol. The lowest BCUT2D eigenvalue weighted by Crippen LogP contribution is -1.93. The molecule has 66 valence electrons. The molecule has 3 nitrogen and oxygen atoms in total. The van der Waals surface area contributed by atoms with Gasteiger partial charge in [0.05, 0.1) is 0 Å². The van der Waals surface area contributed by atoms with E-state index in [1.54, 1.807) is 18.2 Å². The SMILES string of the molecule is O=C(O)c1coc2ccc(Cl)cc12. The second kappa shape index (κ2) is 2.78. The highest BCUT2D eigenvalue weighted by Gasteiger charge is 2.11. The van der Waals surface area contributed by atoms with Gasteiger partial charge in [0.1, 0.15) is 17.4 Å². The molecular formula is C9H5ClO3. The average Bonchev–Trinajstić information content (AvgIpc) is 2.46. The number of halogens is 1. The molecule has 0 saturated heterocycles. The first-order valence-electron chi connectivity index (χ1n) is 3.58. The molecule has 0 bridgehead atoms. The number of benzene rings is 1. The van der Waals surface area contributed by atoms with Gasteiger partial charge in [0.15, 0.2) is 0 Å². The molecule has 0 radical (unpaired) electrons. The normalized spacial score (nSPS) is 10.5. The molecule has 0 fully saturated rings. The summed E-state index contributed by atoms with van der Waals surface area (Å²) in [4.78, 5) is 10.7. The molecule has 0 atom stereocenters. The summed E-state index contributed by atoms with van der Waals surface area (Å²) in [5.74, 6) is -1.01. The van der Waals surface area contributed by atoms with Gasteiger partial charge in [-0.1, -0.05) is 11.6 Å². The zero-order chi connectivity index (χ0) is 9.42. The molecule has 0 unspecified atom stereocenters. The number of hydrogen-bond acceptors (Lipinski definition) is 2. The Kier molecular flexibility index (Phi) is 1.74. The number of carboxylic acids is 1. The maximum Gasteiger partial charge on any atom is 0.339 e. The number of carboxylic acid groups (broad SMARTS) is 1. The number of carbonyl (C=O) groups is 1. The lowest BCUT2D eigenvalue weighted by atomic mass is 10.2. The van der Waals surface area contributed by atoms with Gasteiger partial charge >= 0.3 is 5.97 Å². The van der Waals surface area contributed by atoms with Crippen LogP contribution in [-0.2, 0) is 0 Å². The van der Waals surface area contributed by atoms with E-state index >= 15 is 0 Å².